The summed E-state index contributed by atoms with van der Waals surface area (Å²) in [6.45, 7) is 1.80. The first-order valence-corrected chi connectivity index (χ1v) is 9.86. The number of rotatable bonds is 3. The van der Waals surface area contributed by atoms with Gasteiger partial charge in [-0.15, -0.1) is 0 Å². The van der Waals surface area contributed by atoms with Crippen LogP contribution in [0.5, 0.6) is 0 Å². The third-order valence-electron chi connectivity index (χ3n) is 3.89. The number of hydrogen-bond acceptors (Lipinski definition) is 4. The highest BCUT2D eigenvalue weighted by Gasteiger charge is 2.31. The Balaban J connectivity index is 1.80. The second kappa shape index (κ2) is 6.38. The molecule has 0 bridgehead atoms. The van der Waals surface area contributed by atoms with Crippen molar-refractivity contribution in [3.05, 3.63) is 45.7 Å². The second-order valence-electron chi connectivity index (χ2n) is 5.75. The fraction of sp³-hybridized carbons (Fsp3) is 0.333. The normalized spacial score (nSPS) is 19.4. The third-order valence-corrected chi connectivity index (χ3v) is 6.19. The molecule has 6 nitrogen and oxygen atoms in total. The van der Waals surface area contributed by atoms with Crippen molar-refractivity contribution in [2.24, 2.45) is 0 Å². The van der Waals surface area contributed by atoms with E-state index in [0.717, 1.165) is 5.69 Å². The predicted molar refractivity (Wildman–Crippen MR) is 93.7 cm³/mol. The molecule has 1 aliphatic rings. The maximum Gasteiger partial charge on any atom is 0.276 e. The summed E-state index contributed by atoms with van der Waals surface area (Å²) in [5, 5.41) is 7.75. The molecule has 0 saturated carbocycles. The van der Waals surface area contributed by atoms with Crippen LogP contribution in [0.4, 0.5) is 5.69 Å². The van der Waals surface area contributed by atoms with Crippen LogP contribution in [0.25, 0.3) is 0 Å². The topological polar surface area (TPSA) is 81.1 Å². The first-order chi connectivity index (χ1) is 11.2. The van der Waals surface area contributed by atoms with Gasteiger partial charge < -0.3 is 5.32 Å². The van der Waals surface area contributed by atoms with E-state index >= 15 is 0 Å². The van der Waals surface area contributed by atoms with Gasteiger partial charge in [0.15, 0.2) is 15.5 Å². The molecule has 1 aliphatic heterocycles. The Bertz CT molecular complexity index is 909. The van der Waals surface area contributed by atoms with Gasteiger partial charge in [-0.25, -0.2) is 8.42 Å². The van der Waals surface area contributed by atoms with Crippen molar-refractivity contribution < 1.29 is 13.2 Å². The summed E-state index contributed by atoms with van der Waals surface area (Å²) in [6.07, 6.45) is 0.509. The summed E-state index contributed by atoms with van der Waals surface area (Å²) in [4.78, 5) is 12.4. The molecule has 1 fully saturated rings. The number of carbonyl (C=O) groups is 1. The van der Waals surface area contributed by atoms with Crippen LogP contribution in [0.3, 0.4) is 0 Å². The molecule has 1 aromatic carbocycles. The number of amides is 1. The summed E-state index contributed by atoms with van der Waals surface area (Å²) >= 11 is 11.9. The zero-order valence-corrected chi connectivity index (χ0v) is 15.1. The van der Waals surface area contributed by atoms with Crippen LogP contribution in [0.15, 0.2) is 24.3 Å². The number of nitrogens with zero attached hydrogens (tertiary/aromatic N) is 2. The number of sulfone groups is 1. The predicted octanol–water partition coefficient (Wildman–Crippen LogP) is 3.11. The Hall–Kier alpha value is -1.57. The summed E-state index contributed by atoms with van der Waals surface area (Å²) in [7, 11) is -3.02. The zero-order valence-electron chi connectivity index (χ0n) is 12.8. The number of hydrogen-bond donors (Lipinski definition) is 1. The van der Waals surface area contributed by atoms with E-state index in [2.05, 4.69) is 10.4 Å². The van der Waals surface area contributed by atoms with Crippen molar-refractivity contribution in [3.63, 3.8) is 0 Å². The molecule has 0 spiro atoms. The van der Waals surface area contributed by atoms with E-state index in [4.69, 9.17) is 23.2 Å². The number of anilines is 1. The van der Waals surface area contributed by atoms with E-state index in [-0.39, 0.29) is 23.2 Å². The maximum absolute atomic E-state index is 12.4. The lowest BCUT2D eigenvalue weighted by Gasteiger charge is -2.10. The molecule has 3 rings (SSSR count). The number of halogens is 2. The number of benzene rings is 1. The Labute approximate surface area is 149 Å². The number of aromatic nitrogens is 2. The molecular weight excluding hydrogens is 373 g/mol. The molecule has 9 heteroatoms. The average Bonchev–Trinajstić information content (AvgIpc) is 3.04. The second-order valence-corrected chi connectivity index (χ2v) is 8.82. The number of carbonyl (C=O) groups excluding carboxylic acids is 1. The van der Waals surface area contributed by atoms with Crippen LogP contribution in [0.1, 0.15) is 28.6 Å². The van der Waals surface area contributed by atoms with Gasteiger partial charge in [-0.3, -0.25) is 9.48 Å². The van der Waals surface area contributed by atoms with Gasteiger partial charge in [0.05, 0.1) is 28.3 Å². The Morgan fingerprint density at radius 1 is 1.33 bits per heavy atom. The van der Waals surface area contributed by atoms with Gasteiger partial charge in [-0.2, -0.15) is 5.10 Å². The van der Waals surface area contributed by atoms with Crippen LogP contribution in [0, 0.1) is 6.92 Å². The van der Waals surface area contributed by atoms with Crippen LogP contribution >= 0.6 is 23.2 Å². The average molecular weight is 388 g/mol. The van der Waals surface area contributed by atoms with E-state index < -0.39 is 15.7 Å². The molecule has 2 heterocycles. The van der Waals surface area contributed by atoms with Crippen molar-refractivity contribution in [2.75, 3.05) is 16.8 Å². The first-order valence-electron chi connectivity index (χ1n) is 7.28. The molecule has 1 N–H and O–H groups in total. The largest absolute Gasteiger partial charge is 0.319 e. The molecule has 1 unspecified atom stereocenters. The molecule has 0 aliphatic carbocycles. The Morgan fingerprint density at radius 3 is 2.71 bits per heavy atom. The van der Waals surface area contributed by atoms with E-state index in [1.165, 1.54) is 6.07 Å². The van der Waals surface area contributed by atoms with Crippen LogP contribution < -0.4 is 5.32 Å². The van der Waals surface area contributed by atoms with Crippen molar-refractivity contribution in [1.29, 1.82) is 0 Å². The maximum atomic E-state index is 12.4. The molecule has 2 aromatic rings. The molecular formula is C15H15Cl2N3O3S. The van der Waals surface area contributed by atoms with E-state index in [9.17, 15) is 13.2 Å². The lowest BCUT2D eigenvalue weighted by atomic mass is 10.2. The highest BCUT2D eigenvalue weighted by molar-refractivity contribution is 7.91. The van der Waals surface area contributed by atoms with Gasteiger partial charge in [0, 0.05) is 10.7 Å². The molecule has 0 radical (unpaired) electrons. The highest BCUT2D eigenvalue weighted by atomic mass is 35.5. The lowest BCUT2D eigenvalue weighted by molar-refractivity contribution is 0.102. The van der Waals surface area contributed by atoms with Crippen LogP contribution in [0.2, 0.25) is 10.0 Å². The summed E-state index contributed by atoms with van der Waals surface area (Å²) in [5.74, 6) is -0.208. The number of nitrogens with one attached hydrogen (secondary N) is 1. The Morgan fingerprint density at radius 2 is 2.08 bits per heavy atom. The van der Waals surface area contributed by atoms with E-state index in [1.54, 1.807) is 29.8 Å². The molecule has 128 valence electrons. The smallest absolute Gasteiger partial charge is 0.276 e. The van der Waals surface area contributed by atoms with Gasteiger partial charge in [0.25, 0.3) is 5.91 Å². The minimum atomic E-state index is -3.02. The minimum absolute atomic E-state index is 0.0552. The van der Waals surface area contributed by atoms with Gasteiger partial charge in [0.2, 0.25) is 0 Å². The Kier molecular flexibility index (Phi) is 4.59. The lowest BCUT2D eigenvalue weighted by Crippen LogP contribution is -2.16. The summed E-state index contributed by atoms with van der Waals surface area (Å²) in [5.41, 5.74) is 1.38. The van der Waals surface area contributed by atoms with Crippen LogP contribution in [-0.2, 0) is 9.84 Å². The minimum Gasteiger partial charge on any atom is -0.319 e. The molecule has 24 heavy (non-hydrogen) atoms. The van der Waals surface area contributed by atoms with E-state index in [1.807, 2.05) is 0 Å². The fourth-order valence-corrected chi connectivity index (χ4v) is 4.86. The molecule has 1 atom stereocenters. The molecule has 1 saturated heterocycles. The first kappa shape index (κ1) is 17.3. The van der Waals surface area contributed by atoms with Crippen molar-refractivity contribution in [1.82, 2.24) is 9.78 Å². The molecule has 1 aromatic heterocycles. The zero-order chi connectivity index (χ0) is 17.5. The summed E-state index contributed by atoms with van der Waals surface area (Å²) < 4.78 is 24.9. The van der Waals surface area contributed by atoms with Crippen molar-refractivity contribution in [3.8, 4) is 0 Å². The van der Waals surface area contributed by atoms with Gasteiger partial charge >= 0.3 is 0 Å². The standard InChI is InChI=1S/C15H15Cl2N3O3S/c1-9-6-14(19-20(9)11-4-5-24(22,23)8-11)15(21)18-13-3-2-10(16)7-12(13)17/h2-3,6-7,11H,4-5,8H2,1H3,(H,18,21). The highest BCUT2D eigenvalue weighted by Crippen LogP contribution is 2.27. The number of aryl methyl sites for hydroxylation is 1. The quantitative estimate of drug-likeness (QED) is 0.876. The van der Waals surface area contributed by atoms with Gasteiger partial charge in [-0.05, 0) is 37.6 Å². The van der Waals surface area contributed by atoms with Gasteiger partial charge in [-0.1, -0.05) is 23.2 Å². The van der Waals surface area contributed by atoms with Crippen LogP contribution in [-0.4, -0.2) is 35.6 Å². The SMILES string of the molecule is Cc1cc(C(=O)Nc2ccc(Cl)cc2Cl)nn1C1CCS(=O)(=O)C1. The van der Waals surface area contributed by atoms with E-state index in [0.29, 0.717) is 22.2 Å². The van der Waals surface area contributed by atoms with Crippen molar-refractivity contribution >= 4 is 44.6 Å². The summed E-state index contributed by atoms with van der Waals surface area (Å²) in [6, 6.07) is 6.16. The third kappa shape index (κ3) is 3.58. The molecule has 1 amide bonds. The van der Waals surface area contributed by atoms with Gasteiger partial charge in [0.1, 0.15) is 0 Å². The fourth-order valence-electron chi connectivity index (χ4n) is 2.71. The van der Waals surface area contributed by atoms with Crippen molar-refractivity contribution in [2.45, 2.75) is 19.4 Å². The monoisotopic (exact) mass is 387 g/mol.